The standard InChI is InChI=1S/C18H14N2O4/c1-22-15-5-3-14(4-6-15)20-18(21)13(10-19)8-12-2-7-16-17(9-12)24-11-23-16/h2-9H,11H2,1H3,(H,20,21). The molecule has 1 N–H and O–H groups in total. The van der Waals surface area contributed by atoms with Crippen molar-refractivity contribution in [3.05, 3.63) is 53.6 Å². The molecule has 3 rings (SSSR count). The van der Waals surface area contributed by atoms with Gasteiger partial charge in [0.1, 0.15) is 17.4 Å². The largest absolute Gasteiger partial charge is 0.497 e. The molecule has 6 nitrogen and oxygen atoms in total. The summed E-state index contributed by atoms with van der Waals surface area (Å²) in [5.74, 6) is 1.44. The quantitative estimate of drug-likeness (QED) is 0.691. The molecule has 1 heterocycles. The van der Waals surface area contributed by atoms with E-state index in [1.54, 1.807) is 49.6 Å². The van der Waals surface area contributed by atoms with Gasteiger partial charge in [-0.15, -0.1) is 0 Å². The molecular weight excluding hydrogens is 308 g/mol. The summed E-state index contributed by atoms with van der Waals surface area (Å²) in [6.07, 6.45) is 1.50. The molecule has 0 unspecified atom stereocenters. The fourth-order valence-electron chi connectivity index (χ4n) is 2.19. The Morgan fingerprint density at radius 1 is 1.21 bits per heavy atom. The molecule has 6 heteroatoms. The number of benzene rings is 2. The van der Waals surface area contributed by atoms with Gasteiger partial charge in [-0.2, -0.15) is 5.26 Å². The number of ether oxygens (including phenoxy) is 3. The first-order chi connectivity index (χ1) is 11.7. The van der Waals surface area contributed by atoms with E-state index in [1.165, 1.54) is 6.08 Å². The molecule has 1 amide bonds. The lowest BCUT2D eigenvalue weighted by Crippen LogP contribution is -2.13. The van der Waals surface area contributed by atoms with Crippen molar-refractivity contribution in [3.63, 3.8) is 0 Å². The summed E-state index contributed by atoms with van der Waals surface area (Å²) in [6, 6.07) is 14.0. The third kappa shape index (κ3) is 3.31. The maximum Gasteiger partial charge on any atom is 0.266 e. The number of fused-ring (bicyclic) bond motifs is 1. The summed E-state index contributed by atoms with van der Waals surface area (Å²) in [5.41, 5.74) is 1.25. The van der Waals surface area contributed by atoms with Gasteiger partial charge in [-0.1, -0.05) is 6.07 Å². The summed E-state index contributed by atoms with van der Waals surface area (Å²) < 4.78 is 15.6. The van der Waals surface area contributed by atoms with Gasteiger partial charge in [0, 0.05) is 5.69 Å². The van der Waals surface area contributed by atoms with Gasteiger partial charge in [0.25, 0.3) is 5.91 Å². The average molecular weight is 322 g/mol. The van der Waals surface area contributed by atoms with E-state index in [0.717, 1.165) is 0 Å². The number of nitriles is 1. The predicted molar refractivity (Wildman–Crippen MR) is 87.8 cm³/mol. The Labute approximate surface area is 138 Å². The second-order valence-corrected chi connectivity index (χ2v) is 4.97. The van der Waals surface area contributed by atoms with Crippen LogP contribution in [0.25, 0.3) is 6.08 Å². The minimum atomic E-state index is -0.486. The first-order valence-corrected chi connectivity index (χ1v) is 7.16. The predicted octanol–water partition coefficient (Wildman–Crippen LogP) is 2.97. The summed E-state index contributed by atoms with van der Waals surface area (Å²) in [5, 5.41) is 11.9. The van der Waals surface area contributed by atoms with Gasteiger partial charge in [0.05, 0.1) is 7.11 Å². The van der Waals surface area contributed by atoms with Crippen molar-refractivity contribution in [2.75, 3.05) is 19.2 Å². The lowest BCUT2D eigenvalue weighted by Gasteiger charge is -2.06. The molecule has 0 saturated heterocycles. The molecule has 24 heavy (non-hydrogen) atoms. The van der Waals surface area contributed by atoms with E-state index < -0.39 is 5.91 Å². The molecule has 0 aromatic heterocycles. The van der Waals surface area contributed by atoms with Crippen LogP contribution in [-0.2, 0) is 4.79 Å². The van der Waals surface area contributed by atoms with E-state index in [1.807, 2.05) is 6.07 Å². The molecule has 0 fully saturated rings. The monoisotopic (exact) mass is 322 g/mol. The highest BCUT2D eigenvalue weighted by atomic mass is 16.7. The number of hydrogen-bond acceptors (Lipinski definition) is 5. The first kappa shape index (κ1) is 15.4. The van der Waals surface area contributed by atoms with Crippen molar-refractivity contribution in [1.82, 2.24) is 0 Å². The molecule has 2 aromatic rings. The van der Waals surface area contributed by atoms with E-state index in [9.17, 15) is 10.1 Å². The Kier molecular flexibility index (Phi) is 4.34. The van der Waals surface area contributed by atoms with Gasteiger partial charge in [0.15, 0.2) is 11.5 Å². The Balaban J connectivity index is 1.77. The highest BCUT2D eigenvalue weighted by Crippen LogP contribution is 2.33. The molecule has 1 aliphatic rings. The van der Waals surface area contributed by atoms with Crippen LogP contribution in [0.4, 0.5) is 5.69 Å². The summed E-state index contributed by atoms with van der Waals surface area (Å²) in [7, 11) is 1.56. The molecule has 120 valence electrons. The SMILES string of the molecule is COc1ccc(NC(=O)C(C#N)=Cc2ccc3c(c2)OCO3)cc1. The number of carbonyl (C=O) groups excluding carboxylic acids is 1. The highest BCUT2D eigenvalue weighted by Gasteiger charge is 2.14. The number of methoxy groups -OCH3 is 1. The summed E-state index contributed by atoms with van der Waals surface area (Å²) in [6.45, 7) is 0.172. The van der Waals surface area contributed by atoms with Crippen molar-refractivity contribution in [2.45, 2.75) is 0 Å². The van der Waals surface area contributed by atoms with E-state index >= 15 is 0 Å². The summed E-state index contributed by atoms with van der Waals surface area (Å²) in [4.78, 5) is 12.2. The second-order valence-electron chi connectivity index (χ2n) is 4.97. The molecule has 0 bridgehead atoms. The van der Waals surface area contributed by atoms with E-state index in [4.69, 9.17) is 14.2 Å². The third-order valence-corrected chi connectivity index (χ3v) is 3.42. The van der Waals surface area contributed by atoms with Crippen LogP contribution in [0, 0.1) is 11.3 Å². The normalized spacial score (nSPS) is 12.4. The van der Waals surface area contributed by atoms with Crippen LogP contribution in [0.1, 0.15) is 5.56 Å². The Morgan fingerprint density at radius 2 is 1.96 bits per heavy atom. The van der Waals surface area contributed by atoms with Gasteiger partial charge in [-0.05, 0) is 48.0 Å². The molecule has 0 atom stereocenters. The lowest BCUT2D eigenvalue weighted by atomic mass is 10.1. The zero-order valence-electron chi connectivity index (χ0n) is 12.9. The molecule has 0 radical (unpaired) electrons. The van der Waals surface area contributed by atoms with Gasteiger partial charge in [0.2, 0.25) is 6.79 Å². The highest BCUT2D eigenvalue weighted by molar-refractivity contribution is 6.09. The lowest BCUT2D eigenvalue weighted by molar-refractivity contribution is -0.112. The van der Waals surface area contributed by atoms with Crippen LogP contribution in [0.15, 0.2) is 48.0 Å². The zero-order valence-corrected chi connectivity index (χ0v) is 12.9. The van der Waals surface area contributed by atoms with E-state index in [0.29, 0.717) is 28.5 Å². The van der Waals surface area contributed by atoms with Crippen LogP contribution in [0.2, 0.25) is 0 Å². The Hall–Kier alpha value is -3.46. The van der Waals surface area contributed by atoms with Crippen molar-refractivity contribution >= 4 is 17.7 Å². The van der Waals surface area contributed by atoms with Crippen LogP contribution >= 0.6 is 0 Å². The molecular formula is C18H14N2O4. The Morgan fingerprint density at radius 3 is 2.67 bits per heavy atom. The van der Waals surface area contributed by atoms with Crippen molar-refractivity contribution < 1.29 is 19.0 Å². The number of carbonyl (C=O) groups is 1. The van der Waals surface area contributed by atoms with E-state index in [-0.39, 0.29) is 12.4 Å². The maximum absolute atomic E-state index is 12.2. The second kappa shape index (κ2) is 6.75. The summed E-state index contributed by atoms with van der Waals surface area (Å²) >= 11 is 0. The third-order valence-electron chi connectivity index (χ3n) is 3.42. The number of rotatable bonds is 4. The molecule has 1 aliphatic heterocycles. The van der Waals surface area contributed by atoms with Gasteiger partial charge >= 0.3 is 0 Å². The fraction of sp³-hybridized carbons (Fsp3) is 0.111. The van der Waals surface area contributed by atoms with Gasteiger partial charge < -0.3 is 19.5 Å². The molecule has 0 aliphatic carbocycles. The van der Waals surface area contributed by atoms with Crippen molar-refractivity contribution in [3.8, 4) is 23.3 Å². The first-order valence-electron chi connectivity index (χ1n) is 7.16. The topological polar surface area (TPSA) is 80.6 Å². The minimum Gasteiger partial charge on any atom is -0.497 e. The van der Waals surface area contributed by atoms with E-state index in [2.05, 4.69) is 5.32 Å². The number of hydrogen-bond donors (Lipinski definition) is 1. The average Bonchev–Trinajstić information content (AvgIpc) is 3.08. The van der Waals surface area contributed by atoms with Crippen LogP contribution < -0.4 is 19.5 Å². The number of anilines is 1. The maximum atomic E-state index is 12.2. The van der Waals surface area contributed by atoms with Crippen molar-refractivity contribution in [2.24, 2.45) is 0 Å². The Bertz CT molecular complexity index is 835. The number of nitrogens with zero attached hydrogens (tertiary/aromatic N) is 1. The van der Waals surface area contributed by atoms with Crippen LogP contribution in [-0.4, -0.2) is 19.8 Å². The fourth-order valence-corrected chi connectivity index (χ4v) is 2.19. The van der Waals surface area contributed by atoms with Crippen LogP contribution in [0.5, 0.6) is 17.2 Å². The number of amides is 1. The van der Waals surface area contributed by atoms with Gasteiger partial charge in [-0.25, -0.2) is 0 Å². The minimum absolute atomic E-state index is 0.00955. The molecule has 2 aromatic carbocycles. The van der Waals surface area contributed by atoms with Gasteiger partial charge in [-0.3, -0.25) is 4.79 Å². The van der Waals surface area contributed by atoms with Crippen molar-refractivity contribution in [1.29, 1.82) is 5.26 Å². The zero-order chi connectivity index (χ0) is 16.9. The van der Waals surface area contributed by atoms with Crippen LogP contribution in [0.3, 0.4) is 0 Å². The molecule has 0 saturated carbocycles. The molecule has 0 spiro atoms. The smallest absolute Gasteiger partial charge is 0.266 e. The number of nitrogens with one attached hydrogen (secondary N) is 1.